The first kappa shape index (κ1) is 16.3. The van der Waals surface area contributed by atoms with Crippen molar-refractivity contribution in [2.45, 2.75) is 12.8 Å². The average Bonchev–Trinajstić information content (AvgIpc) is 2.49. The smallest absolute Gasteiger partial charge is 0.314 e. The van der Waals surface area contributed by atoms with E-state index >= 15 is 0 Å². The van der Waals surface area contributed by atoms with E-state index in [4.69, 9.17) is 11.6 Å². The van der Waals surface area contributed by atoms with Crippen molar-refractivity contribution in [2.24, 2.45) is 0 Å². The standard InChI is InChI=1S/C17H18ClFN2O/c18-15-6-4-13(5-7-15)8-10-20-17(22)21-11-9-14-2-1-3-16(19)12-14/h1-7,12H,8-11H2,(H2,20,21,22). The molecule has 0 saturated heterocycles. The Bertz CT molecular complexity index is 616. The number of nitrogens with one attached hydrogen (secondary N) is 2. The number of halogens is 2. The first-order chi connectivity index (χ1) is 10.6. The third kappa shape index (κ3) is 5.74. The van der Waals surface area contributed by atoms with Crippen LogP contribution in [0.2, 0.25) is 5.02 Å². The summed E-state index contributed by atoms with van der Waals surface area (Å²) in [5.74, 6) is -0.259. The highest BCUT2D eigenvalue weighted by molar-refractivity contribution is 6.30. The fourth-order valence-corrected chi connectivity index (χ4v) is 2.17. The van der Waals surface area contributed by atoms with Crippen LogP contribution in [0, 0.1) is 5.82 Å². The van der Waals surface area contributed by atoms with E-state index in [0.717, 1.165) is 17.5 Å². The summed E-state index contributed by atoms with van der Waals surface area (Å²) in [6.45, 7) is 1.02. The number of rotatable bonds is 6. The lowest BCUT2D eigenvalue weighted by atomic mass is 10.1. The van der Waals surface area contributed by atoms with Crippen LogP contribution in [0.4, 0.5) is 9.18 Å². The second-order valence-corrected chi connectivity index (χ2v) is 5.38. The van der Waals surface area contributed by atoms with Gasteiger partial charge in [-0.1, -0.05) is 35.9 Å². The van der Waals surface area contributed by atoms with Gasteiger partial charge in [-0.25, -0.2) is 9.18 Å². The zero-order valence-corrected chi connectivity index (χ0v) is 12.9. The number of hydrogen-bond donors (Lipinski definition) is 2. The number of benzene rings is 2. The summed E-state index contributed by atoms with van der Waals surface area (Å²) in [5.41, 5.74) is 1.98. The van der Waals surface area contributed by atoms with Gasteiger partial charge in [-0.05, 0) is 48.2 Å². The van der Waals surface area contributed by atoms with Crippen molar-refractivity contribution in [1.82, 2.24) is 10.6 Å². The molecule has 0 atom stereocenters. The lowest BCUT2D eigenvalue weighted by molar-refractivity contribution is 0.241. The first-order valence-corrected chi connectivity index (χ1v) is 7.52. The molecule has 0 aliphatic rings. The van der Waals surface area contributed by atoms with Crippen LogP contribution in [0.25, 0.3) is 0 Å². The van der Waals surface area contributed by atoms with E-state index in [2.05, 4.69) is 10.6 Å². The van der Waals surface area contributed by atoms with Crippen LogP contribution in [0.1, 0.15) is 11.1 Å². The van der Waals surface area contributed by atoms with E-state index in [0.29, 0.717) is 24.5 Å². The summed E-state index contributed by atoms with van der Waals surface area (Å²) in [6, 6.07) is 13.7. The average molecular weight is 321 g/mol. The van der Waals surface area contributed by atoms with Gasteiger partial charge in [0.25, 0.3) is 0 Å². The quantitative estimate of drug-likeness (QED) is 0.839. The number of amides is 2. The molecule has 0 saturated carbocycles. The number of urea groups is 1. The van der Waals surface area contributed by atoms with Gasteiger partial charge in [0.15, 0.2) is 0 Å². The van der Waals surface area contributed by atoms with Gasteiger partial charge >= 0.3 is 6.03 Å². The third-order valence-electron chi connectivity index (χ3n) is 3.20. The molecule has 0 aliphatic carbocycles. The van der Waals surface area contributed by atoms with Crippen molar-refractivity contribution in [2.75, 3.05) is 13.1 Å². The second kappa shape index (κ2) is 8.39. The predicted molar refractivity (Wildman–Crippen MR) is 86.7 cm³/mol. The van der Waals surface area contributed by atoms with E-state index < -0.39 is 0 Å². The van der Waals surface area contributed by atoms with E-state index in [-0.39, 0.29) is 11.8 Å². The molecule has 0 radical (unpaired) electrons. The number of carbonyl (C=O) groups excluding carboxylic acids is 1. The van der Waals surface area contributed by atoms with Gasteiger partial charge in [0.05, 0.1) is 0 Å². The summed E-state index contributed by atoms with van der Waals surface area (Å²) in [6.07, 6.45) is 1.34. The Morgan fingerprint density at radius 3 is 2.23 bits per heavy atom. The monoisotopic (exact) mass is 320 g/mol. The van der Waals surface area contributed by atoms with Crippen LogP contribution in [-0.2, 0) is 12.8 Å². The van der Waals surface area contributed by atoms with E-state index in [1.54, 1.807) is 6.07 Å². The Balaban J connectivity index is 1.62. The minimum absolute atomic E-state index is 0.217. The summed E-state index contributed by atoms with van der Waals surface area (Å²) in [4.78, 5) is 11.6. The molecule has 116 valence electrons. The van der Waals surface area contributed by atoms with Crippen LogP contribution in [0.3, 0.4) is 0 Å². The Hall–Kier alpha value is -2.07. The largest absolute Gasteiger partial charge is 0.338 e. The van der Waals surface area contributed by atoms with E-state index in [1.165, 1.54) is 12.1 Å². The fraction of sp³-hybridized carbons (Fsp3) is 0.235. The van der Waals surface area contributed by atoms with Crippen LogP contribution in [0.5, 0.6) is 0 Å². The van der Waals surface area contributed by atoms with Crippen LogP contribution in [0.15, 0.2) is 48.5 Å². The zero-order chi connectivity index (χ0) is 15.8. The van der Waals surface area contributed by atoms with Crippen molar-refractivity contribution in [3.8, 4) is 0 Å². The Labute approximate surface area is 134 Å². The minimum atomic E-state index is -0.259. The van der Waals surface area contributed by atoms with Crippen LogP contribution in [-0.4, -0.2) is 19.1 Å². The van der Waals surface area contributed by atoms with E-state index in [1.807, 2.05) is 30.3 Å². The molecule has 2 rings (SSSR count). The van der Waals surface area contributed by atoms with E-state index in [9.17, 15) is 9.18 Å². The molecule has 2 aromatic rings. The lowest BCUT2D eigenvalue weighted by Crippen LogP contribution is -2.37. The maximum absolute atomic E-state index is 13.0. The number of carbonyl (C=O) groups is 1. The molecule has 0 fully saturated rings. The highest BCUT2D eigenvalue weighted by Gasteiger charge is 2.01. The molecular formula is C17H18ClFN2O. The van der Waals surface area contributed by atoms with Crippen molar-refractivity contribution >= 4 is 17.6 Å². The van der Waals surface area contributed by atoms with Gasteiger partial charge in [-0.15, -0.1) is 0 Å². The second-order valence-electron chi connectivity index (χ2n) is 4.94. The maximum Gasteiger partial charge on any atom is 0.314 e. The lowest BCUT2D eigenvalue weighted by Gasteiger charge is -2.08. The van der Waals surface area contributed by atoms with Crippen LogP contribution >= 0.6 is 11.6 Å². The molecule has 2 aromatic carbocycles. The summed E-state index contributed by atoms with van der Waals surface area (Å²) in [5, 5.41) is 6.24. The maximum atomic E-state index is 13.0. The Morgan fingerprint density at radius 1 is 0.955 bits per heavy atom. The van der Waals surface area contributed by atoms with Crippen molar-refractivity contribution in [3.05, 3.63) is 70.5 Å². The van der Waals surface area contributed by atoms with Gasteiger partial charge in [0, 0.05) is 18.1 Å². The molecule has 2 N–H and O–H groups in total. The fourth-order valence-electron chi connectivity index (χ4n) is 2.05. The van der Waals surface area contributed by atoms with Crippen LogP contribution < -0.4 is 10.6 Å². The first-order valence-electron chi connectivity index (χ1n) is 7.14. The zero-order valence-electron chi connectivity index (χ0n) is 12.1. The Morgan fingerprint density at radius 2 is 1.59 bits per heavy atom. The molecule has 0 heterocycles. The van der Waals surface area contributed by atoms with Crippen molar-refractivity contribution in [3.63, 3.8) is 0 Å². The molecule has 0 unspecified atom stereocenters. The molecular weight excluding hydrogens is 303 g/mol. The normalized spacial score (nSPS) is 10.3. The molecule has 22 heavy (non-hydrogen) atoms. The molecule has 2 amide bonds. The summed E-state index contributed by atoms with van der Waals surface area (Å²) < 4.78 is 13.0. The summed E-state index contributed by atoms with van der Waals surface area (Å²) in [7, 11) is 0. The summed E-state index contributed by atoms with van der Waals surface area (Å²) >= 11 is 5.81. The van der Waals surface area contributed by atoms with Gasteiger partial charge in [0.2, 0.25) is 0 Å². The molecule has 3 nitrogen and oxygen atoms in total. The van der Waals surface area contributed by atoms with Gasteiger partial charge < -0.3 is 10.6 Å². The Kier molecular flexibility index (Phi) is 6.22. The number of hydrogen-bond acceptors (Lipinski definition) is 1. The highest BCUT2D eigenvalue weighted by Crippen LogP contribution is 2.09. The minimum Gasteiger partial charge on any atom is -0.338 e. The van der Waals surface area contributed by atoms with Gasteiger partial charge in [-0.3, -0.25) is 0 Å². The molecule has 0 bridgehead atoms. The molecule has 0 aromatic heterocycles. The SMILES string of the molecule is O=C(NCCc1ccc(Cl)cc1)NCCc1cccc(F)c1. The third-order valence-corrected chi connectivity index (χ3v) is 3.45. The topological polar surface area (TPSA) is 41.1 Å². The van der Waals surface area contributed by atoms with Gasteiger partial charge in [0.1, 0.15) is 5.82 Å². The molecule has 0 aliphatic heterocycles. The molecule has 0 spiro atoms. The highest BCUT2D eigenvalue weighted by atomic mass is 35.5. The van der Waals surface area contributed by atoms with Crippen molar-refractivity contribution < 1.29 is 9.18 Å². The van der Waals surface area contributed by atoms with Crippen molar-refractivity contribution in [1.29, 1.82) is 0 Å². The molecule has 5 heteroatoms. The van der Waals surface area contributed by atoms with Gasteiger partial charge in [-0.2, -0.15) is 0 Å². The predicted octanol–water partition coefficient (Wildman–Crippen LogP) is 3.56.